The number of aliphatic carboxylic acids is 1. The minimum absolute atomic E-state index is 0.00346. The quantitative estimate of drug-likeness (QED) is 0.0268. The number of nitrogens with zero attached hydrogens (tertiary/aromatic N) is 2. The Bertz CT molecular complexity index is 2060. The topological polar surface area (TPSA) is 351 Å². The van der Waals surface area contributed by atoms with Crippen molar-refractivity contribution in [3.63, 3.8) is 0 Å². The Morgan fingerprint density at radius 1 is 0.692 bits per heavy atom. The van der Waals surface area contributed by atoms with Gasteiger partial charge in [0.15, 0.2) is 5.96 Å². The number of amides is 6. The van der Waals surface area contributed by atoms with Crippen LogP contribution in [-0.4, -0.2) is 116 Å². The first kappa shape index (κ1) is 52.3. The second-order valence-corrected chi connectivity index (χ2v) is 16.3. The first-order chi connectivity index (χ1) is 30.8. The van der Waals surface area contributed by atoms with E-state index < -0.39 is 95.5 Å². The van der Waals surface area contributed by atoms with E-state index in [9.17, 15) is 43.8 Å². The van der Waals surface area contributed by atoms with Gasteiger partial charge in [-0.25, -0.2) is 9.78 Å². The zero-order valence-electron chi connectivity index (χ0n) is 37.4. The molecule has 0 saturated carbocycles. The van der Waals surface area contributed by atoms with E-state index in [2.05, 4.69) is 46.9 Å². The molecule has 0 fully saturated rings. The molecule has 0 saturated heterocycles. The fourth-order valence-corrected chi connectivity index (χ4v) is 6.55. The lowest BCUT2D eigenvalue weighted by Crippen LogP contribution is -2.61. The van der Waals surface area contributed by atoms with Crippen LogP contribution in [0, 0.1) is 11.8 Å². The van der Waals surface area contributed by atoms with Crippen molar-refractivity contribution in [1.82, 2.24) is 41.9 Å². The zero-order valence-corrected chi connectivity index (χ0v) is 37.4. The number of aliphatic imine (C=N–C) groups is 1. The molecule has 65 heavy (non-hydrogen) atoms. The number of hydrogen-bond donors (Lipinski definition) is 12. The number of nitrogens with two attached hydrogens (primary N) is 3. The van der Waals surface area contributed by atoms with E-state index in [0.717, 1.165) is 0 Å². The Hall–Kier alpha value is -7.03. The molecular weight excluding hydrogens is 841 g/mol. The number of hydrogen-bond acceptors (Lipinski definition) is 11. The van der Waals surface area contributed by atoms with Crippen molar-refractivity contribution in [2.45, 2.75) is 115 Å². The van der Waals surface area contributed by atoms with Crippen molar-refractivity contribution in [3.05, 3.63) is 83.9 Å². The highest BCUT2D eigenvalue weighted by molar-refractivity contribution is 5.97. The molecule has 0 aliphatic rings. The number of rotatable bonds is 26. The number of carbonyl (C=O) groups is 7. The molecule has 3 aromatic rings. The number of aromatic nitrogens is 2. The fraction of sp³-hybridized carbons (Fsp3) is 0.477. The largest absolute Gasteiger partial charge is 0.508 e. The Morgan fingerprint density at radius 2 is 1.25 bits per heavy atom. The number of carboxylic acids is 1. The highest BCUT2D eigenvalue weighted by atomic mass is 16.4. The van der Waals surface area contributed by atoms with Crippen LogP contribution in [0.4, 0.5) is 0 Å². The van der Waals surface area contributed by atoms with E-state index in [0.29, 0.717) is 29.7 Å². The summed E-state index contributed by atoms with van der Waals surface area (Å²) in [5, 5.41) is 35.6. The third-order valence-corrected chi connectivity index (χ3v) is 10.6. The van der Waals surface area contributed by atoms with Crippen LogP contribution in [0.5, 0.6) is 5.75 Å². The number of benzene rings is 2. The van der Waals surface area contributed by atoms with Crippen LogP contribution in [0.2, 0.25) is 0 Å². The van der Waals surface area contributed by atoms with Gasteiger partial charge in [-0.2, -0.15) is 0 Å². The summed E-state index contributed by atoms with van der Waals surface area (Å²) in [4.78, 5) is 105. The molecule has 1 heterocycles. The second-order valence-electron chi connectivity index (χ2n) is 16.3. The molecule has 0 unspecified atom stereocenters. The molecule has 6 amide bonds. The zero-order chi connectivity index (χ0) is 48.2. The Labute approximate surface area is 377 Å². The highest BCUT2D eigenvalue weighted by Gasteiger charge is 2.35. The van der Waals surface area contributed by atoms with Crippen molar-refractivity contribution in [2.24, 2.45) is 34.0 Å². The molecular formula is C44H64N12O9. The third-order valence-electron chi connectivity index (χ3n) is 10.6. The van der Waals surface area contributed by atoms with Crippen LogP contribution >= 0.6 is 0 Å². The normalized spacial score (nSPS) is 14.8. The molecule has 354 valence electrons. The molecule has 0 aliphatic heterocycles. The number of phenols is 1. The van der Waals surface area contributed by atoms with Gasteiger partial charge in [-0.05, 0) is 54.9 Å². The smallest absolute Gasteiger partial charge is 0.326 e. The molecule has 0 spiro atoms. The van der Waals surface area contributed by atoms with Crippen molar-refractivity contribution in [3.8, 4) is 5.75 Å². The van der Waals surface area contributed by atoms with E-state index in [4.69, 9.17) is 17.2 Å². The van der Waals surface area contributed by atoms with Crippen LogP contribution in [0.3, 0.4) is 0 Å². The van der Waals surface area contributed by atoms with Gasteiger partial charge in [-0.15, -0.1) is 0 Å². The number of carbonyl (C=O) groups excluding carboxylic acids is 6. The highest BCUT2D eigenvalue weighted by Crippen LogP contribution is 2.15. The average Bonchev–Trinajstić information content (AvgIpc) is 3.78. The van der Waals surface area contributed by atoms with Crippen LogP contribution in [-0.2, 0) is 52.8 Å². The number of guanidine groups is 1. The van der Waals surface area contributed by atoms with Gasteiger partial charge < -0.3 is 64.3 Å². The Kier molecular flexibility index (Phi) is 20.9. The van der Waals surface area contributed by atoms with Crippen molar-refractivity contribution in [2.75, 3.05) is 6.54 Å². The maximum absolute atomic E-state index is 14.3. The lowest BCUT2D eigenvalue weighted by molar-refractivity contribution is -0.142. The Morgan fingerprint density at radius 3 is 1.82 bits per heavy atom. The molecule has 0 radical (unpaired) electrons. The molecule has 2 aromatic carbocycles. The number of aromatic hydroxyl groups is 1. The predicted molar refractivity (Wildman–Crippen MR) is 241 cm³/mol. The molecule has 15 N–H and O–H groups in total. The van der Waals surface area contributed by atoms with Gasteiger partial charge in [0, 0.05) is 37.7 Å². The number of carboxylic acid groups (broad SMARTS) is 1. The molecule has 8 atom stereocenters. The second kappa shape index (κ2) is 25.9. The van der Waals surface area contributed by atoms with E-state index in [1.807, 2.05) is 0 Å². The van der Waals surface area contributed by atoms with Crippen molar-refractivity contribution in [1.29, 1.82) is 0 Å². The van der Waals surface area contributed by atoms with Crippen LogP contribution in [0.25, 0.3) is 0 Å². The maximum atomic E-state index is 14.3. The SMILES string of the molecule is CC[C@H](C)[C@H](NC(=O)[C@H](Cc1ccc(O)cc1)NC(=O)[C@@H](NC(=O)[C@@H](N)CCCN=C(N)N)C(C)C)C(=O)N[C@@H](Cc1cnc[nH]1)C(=O)N[C@@H](C)C(=O)N[C@@H](Cc1ccccc1)C(=O)O. The van der Waals surface area contributed by atoms with Crippen molar-refractivity contribution < 1.29 is 43.8 Å². The molecule has 0 aliphatic carbocycles. The number of H-pyrrole nitrogens is 1. The van der Waals surface area contributed by atoms with Crippen LogP contribution < -0.4 is 49.1 Å². The van der Waals surface area contributed by atoms with Gasteiger partial charge in [-0.3, -0.25) is 33.8 Å². The molecule has 21 heteroatoms. The summed E-state index contributed by atoms with van der Waals surface area (Å²) in [7, 11) is 0. The lowest BCUT2D eigenvalue weighted by Gasteiger charge is -2.30. The molecule has 3 rings (SSSR count). The minimum atomic E-state index is -1.32. The van der Waals surface area contributed by atoms with Crippen LogP contribution in [0.1, 0.15) is 70.7 Å². The first-order valence-electron chi connectivity index (χ1n) is 21.4. The summed E-state index contributed by atoms with van der Waals surface area (Å²) in [5.74, 6) is -6.75. The third kappa shape index (κ3) is 17.6. The molecule has 0 bridgehead atoms. The van der Waals surface area contributed by atoms with Crippen LogP contribution in [0.15, 0.2) is 72.1 Å². The maximum Gasteiger partial charge on any atom is 0.326 e. The minimum Gasteiger partial charge on any atom is -0.508 e. The van der Waals surface area contributed by atoms with Crippen molar-refractivity contribution >= 4 is 47.4 Å². The number of aromatic amines is 1. The van der Waals surface area contributed by atoms with E-state index in [1.165, 1.54) is 31.6 Å². The fourth-order valence-electron chi connectivity index (χ4n) is 6.55. The van der Waals surface area contributed by atoms with Gasteiger partial charge in [0.25, 0.3) is 0 Å². The summed E-state index contributed by atoms with van der Waals surface area (Å²) in [5.41, 5.74) is 18.5. The monoisotopic (exact) mass is 904 g/mol. The standard InChI is InChI=1S/C44H64N12O9/c1-6-25(4)36(42(63)53-33(21-29-22-48-23-50-29)39(60)51-26(5)37(58)54-34(43(64)65)20-27-11-8-7-9-12-27)56-40(61)32(19-28-14-16-30(57)17-15-28)52-41(62)35(24(2)3)55-38(59)31(45)13-10-18-49-44(46)47/h7-9,11-12,14-17,22-26,31-36,57H,6,10,13,18-21,45H2,1-5H3,(H,48,50)(H,51,60)(H,52,62)(H,53,63)(H,54,58)(H,55,59)(H,56,61)(H,64,65)(H4,46,47,49)/t25-,26-,31-,32-,33-,34-,35-,36-/m0/s1. The number of imidazole rings is 1. The summed E-state index contributed by atoms with van der Waals surface area (Å²) in [6, 6.07) is 6.14. The first-order valence-corrected chi connectivity index (χ1v) is 21.4. The van der Waals surface area contributed by atoms with Gasteiger partial charge in [0.05, 0.1) is 12.4 Å². The van der Waals surface area contributed by atoms with E-state index >= 15 is 0 Å². The van der Waals surface area contributed by atoms with Gasteiger partial charge in [-0.1, -0.05) is 76.6 Å². The average molecular weight is 905 g/mol. The molecule has 21 nitrogen and oxygen atoms in total. The van der Waals surface area contributed by atoms with E-state index in [1.54, 1.807) is 70.2 Å². The molecule has 1 aromatic heterocycles. The summed E-state index contributed by atoms with van der Waals surface area (Å²) < 4.78 is 0. The van der Waals surface area contributed by atoms with Gasteiger partial charge in [0.1, 0.15) is 42.0 Å². The predicted octanol–water partition coefficient (Wildman–Crippen LogP) is -0.761. The number of phenolic OH excluding ortho intramolecular Hbond substituents is 1. The number of nitrogens with one attached hydrogen (secondary N) is 7. The Balaban J connectivity index is 1.83. The summed E-state index contributed by atoms with van der Waals surface area (Å²) in [6.45, 7) is 8.54. The lowest BCUT2D eigenvalue weighted by atomic mass is 9.96. The summed E-state index contributed by atoms with van der Waals surface area (Å²) in [6.07, 6.45) is 3.65. The summed E-state index contributed by atoms with van der Waals surface area (Å²) >= 11 is 0. The van der Waals surface area contributed by atoms with E-state index in [-0.39, 0.29) is 43.9 Å². The van der Waals surface area contributed by atoms with Gasteiger partial charge in [0.2, 0.25) is 35.4 Å². The van der Waals surface area contributed by atoms with Gasteiger partial charge >= 0.3 is 5.97 Å².